The van der Waals surface area contributed by atoms with Crippen LogP contribution in [0.3, 0.4) is 0 Å². The number of unbranched alkanes of at least 4 members (excludes halogenated alkanes) is 1. The lowest BCUT2D eigenvalue weighted by molar-refractivity contribution is -0.0152. The van der Waals surface area contributed by atoms with Gasteiger partial charge in [0.15, 0.2) is 0 Å². The standard InChI is InChI=1S/C33H56/c1-4-5-10-22-15-18-25(21-22)33(2,3)32-28-19-16-23-11-6-8-13-26(23)30(28)31-27-14-9-7-12-24(27)17-20-29(31)32/h22-32H,4-21H2,1-3H3. The Bertz CT molecular complexity index is 623. The quantitative estimate of drug-likeness (QED) is 0.389. The third-order valence-electron chi connectivity index (χ3n) is 13.4. The Morgan fingerprint density at radius 2 is 1.18 bits per heavy atom. The molecular weight excluding hydrogens is 396 g/mol. The fourth-order valence-corrected chi connectivity index (χ4v) is 12.2. The predicted octanol–water partition coefficient (Wildman–Crippen LogP) is 9.91. The minimum atomic E-state index is 0.590. The zero-order valence-electron chi connectivity index (χ0n) is 22.6. The summed E-state index contributed by atoms with van der Waals surface area (Å²) in [5.74, 6) is 12.1. The van der Waals surface area contributed by atoms with E-state index in [0.717, 1.165) is 65.1 Å². The minimum absolute atomic E-state index is 0.590. The third kappa shape index (κ3) is 3.99. The average Bonchev–Trinajstić information content (AvgIpc) is 3.46. The number of fused-ring (bicyclic) bond motifs is 7. The Balaban J connectivity index is 1.30. The molecule has 0 heteroatoms. The van der Waals surface area contributed by atoms with Crippen LogP contribution in [-0.2, 0) is 0 Å². The summed E-state index contributed by atoms with van der Waals surface area (Å²) in [5, 5.41) is 0. The van der Waals surface area contributed by atoms with E-state index in [0.29, 0.717) is 5.41 Å². The third-order valence-corrected chi connectivity index (χ3v) is 13.4. The van der Waals surface area contributed by atoms with Crippen molar-refractivity contribution in [1.82, 2.24) is 0 Å². The molecule has 0 amide bonds. The lowest BCUT2D eigenvalue weighted by Gasteiger charge is -2.51. The maximum Gasteiger partial charge on any atom is -0.0292 e. The second-order valence-electron chi connectivity index (χ2n) is 14.9. The summed E-state index contributed by atoms with van der Waals surface area (Å²) >= 11 is 0. The van der Waals surface area contributed by atoms with Gasteiger partial charge in [-0.3, -0.25) is 0 Å². The molecule has 0 aliphatic heterocycles. The van der Waals surface area contributed by atoms with Crippen LogP contribution in [0.2, 0.25) is 0 Å². The number of hydrogen-bond acceptors (Lipinski definition) is 0. The zero-order valence-corrected chi connectivity index (χ0v) is 22.6. The molecule has 0 spiro atoms. The Morgan fingerprint density at radius 1 is 0.606 bits per heavy atom. The highest BCUT2D eigenvalue weighted by Crippen LogP contribution is 2.70. The van der Waals surface area contributed by atoms with Crippen molar-refractivity contribution >= 4 is 0 Å². The number of rotatable bonds is 5. The molecule has 0 nitrogen and oxygen atoms in total. The summed E-state index contributed by atoms with van der Waals surface area (Å²) in [4.78, 5) is 0. The molecule has 33 heavy (non-hydrogen) atoms. The molecule has 0 N–H and O–H groups in total. The second kappa shape index (κ2) is 9.47. The minimum Gasteiger partial charge on any atom is -0.0654 e. The zero-order chi connectivity index (χ0) is 22.6. The van der Waals surface area contributed by atoms with Gasteiger partial charge in [-0.1, -0.05) is 85.0 Å². The first-order valence-corrected chi connectivity index (χ1v) is 16.1. The molecule has 0 bridgehead atoms. The first kappa shape index (κ1) is 23.4. The van der Waals surface area contributed by atoms with E-state index in [2.05, 4.69) is 20.8 Å². The van der Waals surface area contributed by atoms with Crippen LogP contribution in [0.15, 0.2) is 0 Å². The van der Waals surface area contributed by atoms with Gasteiger partial charge in [0, 0.05) is 0 Å². The summed E-state index contributed by atoms with van der Waals surface area (Å²) in [6, 6.07) is 0. The van der Waals surface area contributed by atoms with E-state index in [-0.39, 0.29) is 0 Å². The average molecular weight is 453 g/mol. The van der Waals surface area contributed by atoms with Crippen molar-refractivity contribution < 1.29 is 0 Å². The van der Waals surface area contributed by atoms with E-state index in [9.17, 15) is 0 Å². The van der Waals surface area contributed by atoms with Gasteiger partial charge in [0.2, 0.25) is 0 Å². The maximum atomic E-state index is 2.81. The summed E-state index contributed by atoms with van der Waals surface area (Å²) < 4.78 is 0. The second-order valence-corrected chi connectivity index (χ2v) is 14.9. The van der Waals surface area contributed by atoms with E-state index in [1.165, 1.54) is 19.3 Å². The molecule has 188 valence electrons. The molecule has 10 atom stereocenters. The van der Waals surface area contributed by atoms with E-state index in [4.69, 9.17) is 0 Å². The fourth-order valence-electron chi connectivity index (χ4n) is 12.2. The summed E-state index contributed by atoms with van der Waals surface area (Å²) in [6.07, 6.45) is 28.2. The molecule has 0 radical (unpaired) electrons. The normalized spacial score (nSPS) is 49.7. The molecular formula is C33H56. The largest absolute Gasteiger partial charge is 0.0654 e. The summed E-state index contributed by atoms with van der Waals surface area (Å²) in [5.41, 5.74) is 0.590. The molecule has 0 aromatic carbocycles. The van der Waals surface area contributed by atoms with Crippen molar-refractivity contribution in [3.05, 3.63) is 0 Å². The van der Waals surface area contributed by atoms with Crippen molar-refractivity contribution in [2.75, 3.05) is 0 Å². The van der Waals surface area contributed by atoms with Gasteiger partial charge < -0.3 is 0 Å². The Hall–Kier alpha value is 0. The Kier molecular flexibility index (Phi) is 6.71. The van der Waals surface area contributed by atoms with E-state index >= 15 is 0 Å². The van der Waals surface area contributed by atoms with Crippen LogP contribution in [0.4, 0.5) is 0 Å². The molecule has 0 aromatic heterocycles. The maximum absolute atomic E-state index is 2.81. The molecule has 6 saturated carbocycles. The van der Waals surface area contributed by atoms with Crippen LogP contribution < -0.4 is 0 Å². The molecule has 0 heterocycles. The van der Waals surface area contributed by atoms with Gasteiger partial charge in [-0.2, -0.15) is 0 Å². The van der Waals surface area contributed by atoms with Gasteiger partial charge in [0.25, 0.3) is 0 Å². The van der Waals surface area contributed by atoms with E-state index in [1.807, 2.05) is 0 Å². The van der Waals surface area contributed by atoms with Crippen molar-refractivity contribution in [3.8, 4) is 0 Å². The smallest absolute Gasteiger partial charge is 0.0292 e. The topological polar surface area (TPSA) is 0 Å². The van der Waals surface area contributed by atoms with Crippen LogP contribution in [0.5, 0.6) is 0 Å². The predicted molar refractivity (Wildman–Crippen MR) is 141 cm³/mol. The van der Waals surface area contributed by atoms with Crippen molar-refractivity contribution in [2.45, 2.75) is 136 Å². The lowest BCUT2D eigenvalue weighted by Crippen LogP contribution is -2.43. The van der Waals surface area contributed by atoms with Crippen molar-refractivity contribution in [3.63, 3.8) is 0 Å². The highest BCUT2D eigenvalue weighted by molar-refractivity contribution is 5.11. The molecule has 10 unspecified atom stereocenters. The summed E-state index contributed by atoms with van der Waals surface area (Å²) in [7, 11) is 0. The molecule has 6 fully saturated rings. The van der Waals surface area contributed by atoms with Gasteiger partial charge in [0.1, 0.15) is 0 Å². The molecule has 6 rings (SSSR count). The van der Waals surface area contributed by atoms with Crippen LogP contribution in [0.1, 0.15) is 136 Å². The number of hydrogen-bond donors (Lipinski definition) is 0. The molecule has 6 aliphatic rings. The van der Waals surface area contributed by atoms with Gasteiger partial charge in [-0.25, -0.2) is 0 Å². The Morgan fingerprint density at radius 3 is 1.76 bits per heavy atom. The van der Waals surface area contributed by atoms with Crippen molar-refractivity contribution in [2.24, 2.45) is 70.5 Å². The highest BCUT2D eigenvalue weighted by atomic mass is 14.7. The first-order valence-electron chi connectivity index (χ1n) is 16.1. The van der Waals surface area contributed by atoms with Gasteiger partial charge in [-0.15, -0.1) is 0 Å². The fraction of sp³-hybridized carbons (Fsp3) is 1.00. The Labute approximate surface area is 206 Å². The summed E-state index contributed by atoms with van der Waals surface area (Å²) in [6.45, 7) is 8.01. The van der Waals surface area contributed by atoms with Gasteiger partial charge in [0.05, 0.1) is 0 Å². The highest BCUT2D eigenvalue weighted by Gasteiger charge is 2.63. The van der Waals surface area contributed by atoms with Crippen LogP contribution in [0.25, 0.3) is 0 Å². The molecule has 0 saturated heterocycles. The lowest BCUT2D eigenvalue weighted by atomic mass is 9.54. The first-order chi connectivity index (χ1) is 16.1. The monoisotopic (exact) mass is 452 g/mol. The van der Waals surface area contributed by atoms with Gasteiger partial charge in [-0.05, 0) is 122 Å². The molecule has 0 aromatic rings. The van der Waals surface area contributed by atoms with E-state index < -0.39 is 0 Å². The van der Waals surface area contributed by atoms with Crippen molar-refractivity contribution in [1.29, 1.82) is 0 Å². The molecule has 6 aliphatic carbocycles. The van der Waals surface area contributed by atoms with Crippen LogP contribution in [-0.4, -0.2) is 0 Å². The van der Waals surface area contributed by atoms with Gasteiger partial charge >= 0.3 is 0 Å². The SMILES string of the molecule is CCCCC1CCC(C(C)(C)C2C3CCC4CCCCC4C3C3C4CCCCC4CCC32)C1. The van der Waals surface area contributed by atoms with Crippen LogP contribution >= 0.6 is 0 Å². The van der Waals surface area contributed by atoms with E-state index in [1.54, 1.807) is 96.3 Å². The van der Waals surface area contributed by atoms with Crippen LogP contribution in [0, 0.1) is 70.5 Å².